The highest BCUT2D eigenvalue weighted by molar-refractivity contribution is 5.75. The average Bonchev–Trinajstić information content (AvgIpc) is 2.59. The first kappa shape index (κ1) is 8.05. The number of fused-ring (bicyclic) bond motifs is 1. The van der Waals surface area contributed by atoms with E-state index in [0.717, 1.165) is 16.7 Å². The molecule has 0 spiro atoms. The van der Waals surface area contributed by atoms with Crippen molar-refractivity contribution < 1.29 is 4.42 Å². The molecule has 13 heavy (non-hydrogen) atoms. The van der Waals surface area contributed by atoms with Crippen LogP contribution in [0.15, 0.2) is 34.8 Å². The lowest BCUT2D eigenvalue weighted by atomic mass is 10.3. The third-order valence-corrected chi connectivity index (χ3v) is 2.06. The van der Waals surface area contributed by atoms with Gasteiger partial charge in [0.15, 0.2) is 5.58 Å². The fraction of sp³-hybridized carbons (Fsp3) is 0.182. The summed E-state index contributed by atoms with van der Waals surface area (Å²) in [6.07, 6.45) is 1.99. The lowest BCUT2D eigenvalue weighted by molar-refractivity contribution is 0.584. The van der Waals surface area contributed by atoms with Gasteiger partial charge in [-0.05, 0) is 26.0 Å². The lowest BCUT2D eigenvalue weighted by Gasteiger charge is -1.88. The van der Waals surface area contributed by atoms with E-state index in [1.165, 1.54) is 0 Å². The molecule has 0 saturated carbocycles. The Bertz CT molecular complexity index is 421. The maximum absolute atomic E-state index is 5.54. The molecule has 0 aliphatic heterocycles. The van der Waals surface area contributed by atoms with E-state index in [-0.39, 0.29) is 0 Å². The molecule has 1 aromatic heterocycles. The molecule has 1 aromatic carbocycles. The summed E-state index contributed by atoms with van der Waals surface area (Å²) in [5, 5.41) is 0. The fourth-order valence-corrected chi connectivity index (χ4v) is 1.16. The second kappa shape index (κ2) is 3.05. The molecular formula is C11H11NO. The Labute approximate surface area is 76.9 Å². The number of benzene rings is 1. The summed E-state index contributed by atoms with van der Waals surface area (Å²) in [7, 11) is 0. The molecule has 0 unspecified atom stereocenters. The van der Waals surface area contributed by atoms with Crippen LogP contribution in [-0.2, 0) is 0 Å². The normalized spacial score (nSPS) is 12.3. The topological polar surface area (TPSA) is 26.0 Å². The first-order valence-electron chi connectivity index (χ1n) is 4.30. The second-order valence-electron chi connectivity index (χ2n) is 2.96. The third kappa shape index (κ3) is 1.35. The van der Waals surface area contributed by atoms with Crippen molar-refractivity contribution in [3.8, 4) is 0 Å². The number of oxazole rings is 1. The summed E-state index contributed by atoms with van der Waals surface area (Å²) >= 11 is 0. The SMILES string of the molecule is C/C=C(/C)c1nc2ccccc2o1. The highest BCUT2D eigenvalue weighted by Gasteiger charge is 2.04. The number of nitrogens with zero attached hydrogens (tertiary/aromatic N) is 1. The molecule has 0 bridgehead atoms. The number of aromatic nitrogens is 1. The minimum atomic E-state index is 0.712. The molecule has 66 valence electrons. The first-order valence-corrected chi connectivity index (χ1v) is 4.30. The number of rotatable bonds is 1. The number of allylic oxidation sites excluding steroid dienone is 2. The van der Waals surface area contributed by atoms with Gasteiger partial charge in [0.2, 0.25) is 5.89 Å². The van der Waals surface area contributed by atoms with Crippen LogP contribution in [0.25, 0.3) is 16.7 Å². The van der Waals surface area contributed by atoms with Crippen molar-refractivity contribution in [1.29, 1.82) is 0 Å². The van der Waals surface area contributed by atoms with Crippen LogP contribution in [0.4, 0.5) is 0 Å². The van der Waals surface area contributed by atoms with Crippen molar-refractivity contribution in [3.63, 3.8) is 0 Å². The average molecular weight is 173 g/mol. The van der Waals surface area contributed by atoms with Gasteiger partial charge in [-0.25, -0.2) is 4.98 Å². The molecule has 2 heteroatoms. The van der Waals surface area contributed by atoms with Gasteiger partial charge < -0.3 is 4.42 Å². The number of hydrogen-bond donors (Lipinski definition) is 0. The minimum Gasteiger partial charge on any atom is -0.436 e. The second-order valence-corrected chi connectivity index (χ2v) is 2.96. The smallest absolute Gasteiger partial charge is 0.222 e. The van der Waals surface area contributed by atoms with E-state index in [1.807, 2.05) is 44.2 Å². The van der Waals surface area contributed by atoms with Crippen molar-refractivity contribution in [2.75, 3.05) is 0 Å². The molecule has 0 fully saturated rings. The van der Waals surface area contributed by atoms with E-state index >= 15 is 0 Å². The summed E-state index contributed by atoms with van der Waals surface area (Å²) in [6.45, 7) is 3.97. The molecule has 0 N–H and O–H groups in total. The van der Waals surface area contributed by atoms with E-state index < -0.39 is 0 Å². The zero-order valence-electron chi connectivity index (χ0n) is 7.74. The predicted molar refractivity (Wildman–Crippen MR) is 53.3 cm³/mol. The van der Waals surface area contributed by atoms with Crippen LogP contribution in [0.1, 0.15) is 19.7 Å². The standard InChI is InChI=1S/C11H11NO/c1-3-8(2)11-12-9-6-4-5-7-10(9)13-11/h3-7H,1-2H3/b8-3-. The van der Waals surface area contributed by atoms with Crippen molar-refractivity contribution in [2.24, 2.45) is 0 Å². The Morgan fingerprint density at radius 1 is 1.38 bits per heavy atom. The Morgan fingerprint density at radius 2 is 2.15 bits per heavy atom. The molecule has 0 amide bonds. The zero-order chi connectivity index (χ0) is 9.26. The zero-order valence-corrected chi connectivity index (χ0v) is 7.74. The maximum Gasteiger partial charge on any atom is 0.222 e. The summed E-state index contributed by atoms with van der Waals surface area (Å²) in [5.41, 5.74) is 2.83. The van der Waals surface area contributed by atoms with Gasteiger partial charge in [0, 0.05) is 5.57 Å². The largest absolute Gasteiger partial charge is 0.436 e. The van der Waals surface area contributed by atoms with Crippen molar-refractivity contribution in [2.45, 2.75) is 13.8 Å². The Balaban J connectivity index is 2.62. The van der Waals surface area contributed by atoms with Crippen LogP contribution in [0, 0.1) is 0 Å². The van der Waals surface area contributed by atoms with Gasteiger partial charge in [0.25, 0.3) is 0 Å². The summed E-state index contributed by atoms with van der Waals surface area (Å²) in [5.74, 6) is 0.712. The van der Waals surface area contributed by atoms with Gasteiger partial charge in [0.05, 0.1) is 0 Å². The van der Waals surface area contributed by atoms with Gasteiger partial charge in [-0.2, -0.15) is 0 Å². The molecule has 0 aliphatic carbocycles. The van der Waals surface area contributed by atoms with E-state index in [9.17, 15) is 0 Å². The molecule has 2 rings (SSSR count). The van der Waals surface area contributed by atoms with Gasteiger partial charge in [-0.1, -0.05) is 18.2 Å². The van der Waals surface area contributed by atoms with Crippen LogP contribution in [0.5, 0.6) is 0 Å². The van der Waals surface area contributed by atoms with Gasteiger partial charge >= 0.3 is 0 Å². The third-order valence-electron chi connectivity index (χ3n) is 2.06. The van der Waals surface area contributed by atoms with Crippen LogP contribution in [-0.4, -0.2) is 4.98 Å². The molecule has 2 aromatic rings. The molecule has 2 nitrogen and oxygen atoms in total. The van der Waals surface area contributed by atoms with E-state index in [0.29, 0.717) is 5.89 Å². The highest BCUT2D eigenvalue weighted by atomic mass is 16.3. The Kier molecular flexibility index (Phi) is 1.89. The van der Waals surface area contributed by atoms with Crippen LogP contribution >= 0.6 is 0 Å². The van der Waals surface area contributed by atoms with Gasteiger partial charge in [-0.15, -0.1) is 0 Å². The highest BCUT2D eigenvalue weighted by Crippen LogP contribution is 2.19. The van der Waals surface area contributed by atoms with Gasteiger partial charge in [0.1, 0.15) is 5.52 Å². The van der Waals surface area contributed by atoms with Crippen LogP contribution in [0.2, 0.25) is 0 Å². The summed E-state index contributed by atoms with van der Waals surface area (Å²) < 4.78 is 5.54. The molecule has 0 radical (unpaired) electrons. The predicted octanol–water partition coefficient (Wildman–Crippen LogP) is 3.25. The number of para-hydroxylation sites is 2. The summed E-state index contributed by atoms with van der Waals surface area (Å²) in [6, 6.07) is 7.78. The van der Waals surface area contributed by atoms with E-state index in [2.05, 4.69) is 4.98 Å². The quantitative estimate of drug-likeness (QED) is 0.661. The van der Waals surface area contributed by atoms with E-state index in [1.54, 1.807) is 0 Å². The molecule has 0 atom stereocenters. The molecular weight excluding hydrogens is 162 g/mol. The molecule has 0 aliphatic rings. The van der Waals surface area contributed by atoms with Crippen LogP contribution in [0.3, 0.4) is 0 Å². The first-order chi connectivity index (χ1) is 6.31. The van der Waals surface area contributed by atoms with Gasteiger partial charge in [-0.3, -0.25) is 0 Å². The molecule has 1 heterocycles. The lowest BCUT2D eigenvalue weighted by Crippen LogP contribution is -1.75. The number of hydrogen-bond acceptors (Lipinski definition) is 2. The Morgan fingerprint density at radius 3 is 2.85 bits per heavy atom. The van der Waals surface area contributed by atoms with Crippen molar-refractivity contribution in [3.05, 3.63) is 36.2 Å². The van der Waals surface area contributed by atoms with Crippen LogP contribution < -0.4 is 0 Å². The van der Waals surface area contributed by atoms with E-state index in [4.69, 9.17) is 4.42 Å². The monoisotopic (exact) mass is 173 g/mol. The van der Waals surface area contributed by atoms with Crippen molar-refractivity contribution in [1.82, 2.24) is 4.98 Å². The maximum atomic E-state index is 5.54. The van der Waals surface area contributed by atoms with Crippen molar-refractivity contribution >= 4 is 16.7 Å². The fourth-order valence-electron chi connectivity index (χ4n) is 1.16. The Hall–Kier alpha value is -1.57. The summed E-state index contributed by atoms with van der Waals surface area (Å²) in [4.78, 5) is 4.35. The molecule has 0 saturated heterocycles. The minimum absolute atomic E-state index is 0.712.